The lowest BCUT2D eigenvalue weighted by Gasteiger charge is -2.14. The lowest BCUT2D eigenvalue weighted by atomic mass is 10.1. The third kappa shape index (κ3) is 4.20. The van der Waals surface area contributed by atoms with Crippen molar-refractivity contribution >= 4 is 29.0 Å². The van der Waals surface area contributed by atoms with Gasteiger partial charge in [-0.2, -0.15) is 0 Å². The molecular formula is C19H19N5O3S. The van der Waals surface area contributed by atoms with Gasteiger partial charge in [0, 0.05) is 6.07 Å². The second-order valence-corrected chi connectivity index (χ2v) is 7.61. The molecule has 0 fully saturated rings. The van der Waals surface area contributed by atoms with E-state index in [1.165, 1.54) is 23.9 Å². The number of aryl methyl sites for hydroxylation is 2. The van der Waals surface area contributed by atoms with Gasteiger partial charge in [-0.05, 0) is 38.5 Å². The van der Waals surface area contributed by atoms with Crippen LogP contribution in [-0.2, 0) is 4.79 Å². The van der Waals surface area contributed by atoms with Crippen molar-refractivity contribution in [3.8, 4) is 5.69 Å². The van der Waals surface area contributed by atoms with Crippen molar-refractivity contribution in [1.82, 2.24) is 14.8 Å². The van der Waals surface area contributed by atoms with E-state index in [0.717, 1.165) is 16.8 Å². The summed E-state index contributed by atoms with van der Waals surface area (Å²) in [7, 11) is 0. The fourth-order valence-electron chi connectivity index (χ4n) is 2.73. The Bertz CT molecular complexity index is 1030. The fourth-order valence-corrected chi connectivity index (χ4v) is 3.57. The second-order valence-electron chi connectivity index (χ2n) is 6.30. The number of carbonyl (C=O) groups excluding carboxylic acids is 1. The Morgan fingerprint density at radius 3 is 2.71 bits per heavy atom. The number of benzene rings is 2. The molecule has 2 aromatic carbocycles. The summed E-state index contributed by atoms with van der Waals surface area (Å²) in [6.07, 6.45) is 1.60. The first kappa shape index (κ1) is 19.6. The number of hydrogen-bond acceptors (Lipinski definition) is 6. The number of anilines is 1. The van der Waals surface area contributed by atoms with E-state index in [-0.39, 0.29) is 17.3 Å². The highest BCUT2D eigenvalue weighted by molar-refractivity contribution is 8.00. The van der Waals surface area contributed by atoms with Crippen molar-refractivity contribution in [2.75, 3.05) is 5.32 Å². The molecule has 144 valence electrons. The Labute approximate surface area is 166 Å². The molecule has 1 aromatic heterocycles. The lowest BCUT2D eigenvalue weighted by Crippen LogP contribution is -2.23. The van der Waals surface area contributed by atoms with Gasteiger partial charge in [0.05, 0.1) is 15.9 Å². The summed E-state index contributed by atoms with van der Waals surface area (Å²) < 4.78 is 1.83. The molecule has 1 atom stereocenters. The van der Waals surface area contributed by atoms with Crippen LogP contribution in [0.3, 0.4) is 0 Å². The van der Waals surface area contributed by atoms with Crippen LogP contribution in [0.25, 0.3) is 5.69 Å². The monoisotopic (exact) mass is 397 g/mol. The Morgan fingerprint density at radius 2 is 2.00 bits per heavy atom. The van der Waals surface area contributed by atoms with E-state index in [1.807, 2.05) is 30.5 Å². The van der Waals surface area contributed by atoms with Crippen LogP contribution in [0.2, 0.25) is 0 Å². The molecule has 8 nitrogen and oxygen atoms in total. The number of nitrogens with one attached hydrogen (secondary N) is 1. The molecule has 0 aliphatic heterocycles. The van der Waals surface area contributed by atoms with Crippen molar-refractivity contribution in [2.45, 2.75) is 31.2 Å². The van der Waals surface area contributed by atoms with Crippen molar-refractivity contribution < 1.29 is 9.72 Å². The highest BCUT2D eigenvalue weighted by Crippen LogP contribution is 2.28. The largest absolute Gasteiger partial charge is 0.319 e. The van der Waals surface area contributed by atoms with Gasteiger partial charge in [-0.25, -0.2) is 0 Å². The number of amides is 1. The third-order valence-electron chi connectivity index (χ3n) is 4.14. The molecule has 0 aliphatic rings. The topological polar surface area (TPSA) is 103 Å². The minimum absolute atomic E-state index is 0.147. The number of aromatic nitrogens is 3. The minimum atomic E-state index is -0.534. The number of para-hydroxylation sites is 2. The van der Waals surface area contributed by atoms with Crippen LogP contribution in [0.15, 0.2) is 53.9 Å². The summed E-state index contributed by atoms with van der Waals surface area (Å²) in [4.78, 5) is 23.2. The first-order valence-electron chi connectivity index (χ1n) is 8.55. The van der Waals surface area contributed by atoms with Gasteiger partial charge < -0.3 is 5.32 Å². The highest BCUT2D eigenvalue weighted by atomic mass is 32.2. The maximum Gasteiger partial charge on any atom is 0.292 e. The van der Waals surface area contributed by atoms with Crippen molar-refractivity contribution in [2.24, 2.45) is 0 Å². The molecule has 1 amide bonds. The van der Waals surface area contributed by atoms with Crippen LogP contribution in [0.4, 0.5) is 11.4 Å². The number of nitrogens with zero attached hydrogens (tertiary/aromatic N) is 4. The third-order valence-corrected chi connectivity index (χ3v) is 5.20. The molecule has 1 unspecified atom stereocenters. The number of thioether (sulfide) groups is 1. The first-order valence-corrected chi connectivity index (χ1v) is 9.43. The van der Waals surface area contributed by atoms with Gasteiger partial charge in [0.2, 0.25) is 5.91 Å². The molecule has 0 saturated heterocycles. The Morgan fingerprint density at radius 1 is 1.25 bits per heavy atom. The van der Waals surface area contributed by atoms with E-state index in [2.05, 4.69) is 21.6 Å². The predicted octanol–water partition coefficient (Wildman–Crippen LogP) is 3.91. The van der Waals surface area contributed by atoms with Crippen LogP contribution >= 0.6 is 11.8 Å². The maximum absolute atomic E-state index is 12.6. The quantitative estimate of drug-likeness (QED) is 0.384. The van der Waals surface area contributed by atoms with Gasteiger partial charge in [-0.15, -0.1) is 10.2 Å². The molecule has 28 heavy (non-hydrogen) atoms. The normalized spacial score (nSPS) is 11.8. The molecule has 9 heteroatoms. The minimum Gasteiger partial charge on any atom is -0.319 e. The predicted molar refractivity (Wildman–Crippen MR) is 108 cm³/mol. The smallest absolute Gasteiger partial charge is 0.292 e. The molecule has 0 bridgehead atoms. The van der Waals surface area contributed by atoms with Crippen molar-refractivity contribution in [3.05, 3.63) is 70.0 Å². The maximum atomic E-state index is 12.6. The molecular weight excluding hydrogens is 378 g/mol. The molecule has 3 aromatic rings. The fraction of sp³-hybridized carbons (Fsp3) is 0.211. The average Bonchev–Trinajstić information content (AvgIpc) is 3.09. The van der Waals surface area contributed by atoms with Crippen LogP contribution in [0, 0.1) is 24.0 Å². The summed E-state index contributed by atoms with van der Waals surface area (Å²) in [5, 5.41) is 21.9. The van der Waals surface area contributed by atoms with Crippen LogP contribution in [0.5, 0.6) is 0 Å². The number of nitro benzene ring substituents is 1. The molecule has 0 saturated carbocycles. The highest BCUT2D eigenvalue weighted by Gasteiger charge is 2.22. The number of rotatable bonds is 6. The van der Waals surface area contributed by atoms with Gasteiger partial charge in [-0.3, -0.25) is 19.5 Å². The summed E-state index contributed by atoms with van der Waals surface area (Å²) in [6, 6.07) is 12.1. The molecule has 1 N–H and O–H groups in total. The zero-order chi connectivity index (χ0) is 20.3. The van der Waals surface area contributed by atoms with E-state index in [9.17, 15) is 14.9 Å². The molecule has 0 spiro atoms. The van der Waals surface area contributed by atoms with E-state index in [1.54, 1.807) is 25.4 Å². The van der Waals surface area contributed by atoms with Gasteiger partial charge >= 0.3 is 0 Å². The zero-order valence-corrected chi connectivity index (χ0v) is 16.4. The van der Waals surface area contributed by atoms with E-state index < -0.39 is 10.2 Å². The van der Waals surface area contributed by atoms with E-state index >= 15 is 0 Å². The SMILES string of the molecule is Cc1ccc(-n2cnnc2SC(C)C(=O)Nc2ccccc2[N+](=O)[O-])c(C)c1. The molecule has 1 heterocycles. The van der Waals surface area contributed by atoms with Gasteiger partial charge in [-0.1, -0.05) is 41.6 Å². The van der Waals surface area contributed by atoms with Crippen molar-refractivity contribution in [1.29, 1.82) is 0 Å². The summed E-state index contributed by atoms with van der Waals surface area (Å²) in [5.74, 6) is -0.352. The second kappa shape index (κ2) is 8.22. The van der Waals surface area contributed by atoms with Crippen LogP contribution in [0.1, 0.15) is 18.1 Å². The molecule has 0 radical (unpaired) electrons. The zero-order valence-electron chi connectivity index (χ0n) is 15.6. The van der Waals surface area contributed by atoms with Crippen molar-refractivity contribution in [3.63, 3.8) is 0 Å². The molecule has 3 rings (SSSR count). The average molecular weight is 397 g/mol. The Balaban J connectivity index is 1.77. The number of hydrogen-bond donors (Lipinski definition) is 1. The first-order chi connectivity index (χ1) is 13.4. The summed E-state index contributed by atoms with van der Waals surface area (Å²) in [6.45, 7) is 5.74. The van der Waals surface area contributed by atoms with Crippen LogP contribution < -0.4 is 5.32 Å². The number of carbonyl (C=O) groups is 1. The molecule has 0 aliphatic carbocycles. The summed E-state index contributed by atoms with van der Waals surface area (Å²) in [5.41, 5.74) is 3.18. The van der Waals surface area contributed by atoms with Crippen LogP contribution in [-0.4, -0.2) is 30.8 Å². The van der Waals surface area contributed by atoms with Gasteiger partial charge in [0.25, 0.3) is 5.69 Å². The Kier molecular flexibility index (Phi) is 5.74. The number of nitro groups is 1. The van der Waals surface area contributed by atoms with Gasteiger partial charge in [0.15, 0.2) is 5.16 Å². The van der Waals surface area contributed by atoms with Gasteiger partial charge in [0.1, 0.15) is 12.0 Å². The summed E-state index contributed by atoms with van der Waals surface area (Å²) >= 11 is 1.23. The van der Waals surface area contributed by atoms with E-state index in [4.69, 9.17) is 0 Å². The lowest BCUT2D eigenvalue weighted by molar-refractivity contribution is -0.383. The standard InChI is InChI=1S/C19H19N5O3S/c1-12-8-9-16(13(2)10-12)23-11-20-22-19(23)28-14(3)18(25)21-15-6-4-5-7-17(15)24(26)27/h4-11,14H,1-3H3,(H,21,25). The van der Waals surface area contributed by atoms with E-state index in [0.29, 0.717) is 5.16 Å². The Hall–Kier alpha value is -3.20.